The van der Waals surface area contributed by atoms with E-state index in [1.165, 1.54) is 11.1 Å². The van der Waals surface area contributed by atoms with Crippen LogP contribution in [0.15, 0.2) is 24.3 Å². The van der Waals surface area contributed by atoms with E-state index >= 15 is 0 Å². The monoisotopic (exact) mass is 293 g/mol. The van der Waals surface area contributed by atoms with Crippen molar-refractivity contribution < 1.29 is 8.95 Å². The summed E-state index contributed by atoms with van der Waals surface area (Å²) in [6, 6.07) is 8.73. The molecule has 1 aliphatic carbocycles. The van der Waals surface area contributed by atoms with Crippen LogP contribution in [0.5, 0.6) is 0 Å². The van der Waals surface area contributed by atoms with Crippen LogP contribution in [0, 0.1) is 0 Å². The number of nitrogens with one attached hydrogen (secondary N) is 1. The molecule has 3 nitrogen and oxygen atoms in total. The third-order valence-electron chi connectivity index (χ3n) is 4.32. The molecule has 1 N–H and O–H groups in total. The Morgan fingerprint density at radius 1 is 1.40 bits per heavy atom. The van der Waals surface area contributed by atoms with Gasteiger partial charge in [-0.1, -0.05) is 31.2 Å². The summed E-state index contributed by atoms with van der Waals surface area (Å²) in [5.74, 6) is 0.695. The molecule has 2 aliphatic rings. The highest BCUT2D eigenvalue weighted by atomic mass is 32.2. The second kappa shape index (κ2) is 6.37. The Morgan fingerprint density at radius 3 is 3.00 bits per heavy atom. The number of rotatable bonds is 5. The van der Waals surface area contributed by atoms with Gasteiger partial charge in [0, 0.05) is 23.4 Å². The van der Waals surface area contributed by atoms with E-state index in [1.54, 1.807) is 0 Å². The Kier molecular flexibility index (Phi) is 4.54. The molecule has 1 heterocycles. The lowest BCUT2D eigenvalue weighted by molar-refractivity contribution is 0.128. The molecular formula is C16H23NO2S. The molecule has 4 atom stereocenters. The van der Waals surface area contributed by atoms with Crippen LogP contribution in [0.3, 0.4) is 0 Å². The summed E-state index contributed by atoms with van der Waals surface area (Å²) in [6.45, 7) is 3.86. The Labute approximate surface area is 123 Å². The highest BCUT2D eigenvalue weighted by Crippen LogP contribution is 2.35. The number of ether oxygens (including phenoxy) is 1. The van der Waals surface area contributed by atoms with Crippen LogP contribution in [0.25, 0.3) is 0 Å². The fourth-order valence-corrected chi connectivity index (χ4v) is 5.14. The Balaban J connectivity index is 1.74. The van der Waals surface area contributed by atoms with E-state index in [4.69, 9.17) is 4.74 Å². The molecule has 4 unspecified atom stereocenters. The van der Waals surface area contributed by atoms with Crippen LogP contribution in [-0.2, 0) is 22.0 Å². The molecule has 110 valence electrons. The van der Waals surface area contributed by atoms with Crippen LogP contribution in [0.4, 0.5) is 0 Å². The van der Waals surface area contributed by atoms with Gasteiger partial charge in [0.2, 0.25) is 0 Å². The number of hydrogen-bond donors (Lipinski definition) is 1. The third-order valence-corrected chi connectivity index (χ3v) is 6.13. The van der Waals surface area contributed by atoms with E-state index in [-0.39, 0.29) is 17.4 Å². The molecule has 20 heavy (non-hydrogen) atoms. The first-order valence-corrected chi connectivity index (χ1v) is 8.97. The molecule has 3 rings (SSSR count). The van der Waals surface area contributed by atoms with Crippen molar-refractivity contribution in [1.82, 2.24) is 5.32 Å². The minimum atomic E-state index is -0.831. The van der Waals surface area contributed by atoms with Crippen molar-refractivity contribution in [2.24, 2.45) is 0 Å². The first-order chi connectivity index (χ1) is 9.79. The van der Waals surface area contributed by atoms with Gasteiger partial charge in [-0.05, 0) is 36.9 Å². The molecule has 1 aromatic carbocycles. The average molecular weight is 293 g/mol. The maximum atomic E-state index is 12.7. The molecule has 1 aromatic rings. The standard InChI is InChI=1S/C16H23NO2S/c1-2-17-16-14-8-4-3-6-12(14)10-15(16)20(18)11-13-7-5-9-19-13/h3-4,6,8,13,15-17H,2,5,7,9-11H2,1H3. The van der Waals surface area contributed by atoms with Crippen molar-refractivity contribution in [3.8, 4) is 0 Å². The van der Waals surface area contributed by atoms with Crippen LogP contribution in [0.2, 0.25) is 0 Å². The largest absolute Gasteiger partial charge is 0.377 e. The van der Waals surface area contributed by atoms with E-state index in [9.17, 15) is 4.21 Å². The fraction of sp³-hybridized carbons (Fsp3) is 0.625. The third kappa shape index (κ3) is 2.83. The van der Waals surface area contributed by atoms with E-state index in [2.05, 4.69) is 36.5 Å². The predicted octanol–water partition coefficient (Wildman–Crippen LogP) is 2.19. The van der Waals surface area contributed by atoms with Crippen molar-refractivity contribution in [2.75, 3.05) is 18.9 Å². The molecule has 0 bridgehead atoms. The summed E-state index contributed by atoms with van der Waals surface area (Å²) in [7, 11) is -0.831. The molecule has 0 aromatic heterocycles. The van der Waals surface area contributed by atoms with Crippen LogP contribution in [-0.4, -0.2) is 34.5 Å². The lowest BCUT2D eigenvalue weighted by Crippen LogP contribution is -2.34. The van der Waals surface area contributed by atoms with Crippen molar-refractivity contribution >= 4 is 10.8 Å². The van der Waals surface area contributed by atoms with Crippen LogP contribution >= 0.6 is 0 Å². The molecule has 0 radical (unpaired) electrons. The van der Waals surface area contributed by atoms with E-state index in [0.29, 0.717) is 5.75 Å². The summed E-state index contributed by atoms with van der Waals surface area (Å²) >= 11 is 0. The maximum absolute atomic E-state index is 12.7. The molecule has 0 spiro atoms. The maximum Gasteiger partial charge on any atom is 0.0691 e. The number of benzene rings is 1. The minimum Gasteiger partial charge on any atom is -0.377 e. The second-order valence-corrected chi connectivity index (χ2v) is 7.36. The van der Waals surface area contributed by atoms with Gasteiger partial charge in [-0.25, -0.2) is 0 Å². The van der Waals surface area contributed by atoms with Gasteiger partial charge in [-0.2, -0.15) is 0 Å². The zero-order valence-electron chi connectivity index (χ0n) is 12.0. The zero-order valence-corrected chi connectivity index (χ0v) is 12.8. The van der Waals surface area contributed by atoms with E-state index in [1.807, 2.05) is 0 Å². The fourth-order valence-electron chi connectivity index (χ4n) is 3.35. The molecule has 1 aliphatic heterocycles. The zero-order chi connectivity index (χ0) is 13.9. The van der Waals surface area contributed by atoms with Gasteiger partial charge in [0.25, 0.3) is 0 Å². The van der Waals surface area contributed by atoms with Gasteiger partial charge in [0.15, 0.2) is 0 Å². The summed E-state index contributed by atoms with van der Waals surface area (Å²) < 4.78 is 18.4. The highest BCUT2D eigenvalue weighted by Gasteiger charge is 2.36. The molecule has 4 heteroatoms. The lowest BCUT2D eigenvalue weighted by Gasteiger charge is -2.22. The van der Waals surface area contributed by atoms with Gasteiger partial charge < -0.3 is 10.1 Å². The minimum absolute atomic E-state index is 0.191. The average Bonchev–Trinajstić information content (AvgIpc) is 3.07. The van der Waals surface area contributed by atoms with Crippen LogP contribution in [0.1, 0.15) is 36.9 Å². The SMILES string of the molecule is CCNC1c2ccccc2CC1S(=O)CC1CCCO1. The first kappa shape index (κ1) is 14.2. The summed E-state index contributed by atoms with van der Waals surface area (Å²) in [5.41, 5.74) is 2.68. The summed E-state index contributed by atoms with van der Waals surface area (Å²) in [6.07, 6.45) is 3.32. The van der Waals surface area contributed by atoms with E-state index < -0.39 is 10.8 Å². The predicted molar refractivity (Wildman–Crippen MR) is 82.3 cm³/mol. The highest BCUT2D eigenvalue weighted by molar-refractivity contribution is 7.85. The quantitative estimate of drug-likeness (QED) is 0.904. The topological polar surface area (TPSA) is 38.3 Å². The Hall–Kier alpha value is -0.710. The molecule has 0 saturated carbocycles. The van der Waals surface area contributed by atoms with Crippen molar-refractivity contribution in [3.63, 3.8) is 0 Å². The van der Waals surface area contributed by atoms with Crippen molar-refractivity contribution in [3.05, 3.63) is 35.4 Å². The number of hydrogen-bond acceptors (Lipinski definition) is 3. The molecule has 1 saturated heterocycles. The van der Waals surface area contributed by atoms with Gasteiger partial charge in [-0.15, -0.1) is 0 Å². The Morgan fingerprint density at radius 2 is 2.25 bits per heavy atom. The van der Waals surface area contributed by atoms with Crippen molar-refractivity contribution in [1.29, 1.82) is 0 Å². The van der Waals surface area contributed by atoms with Gasteiger partial charge in [-0.3, -0.25) is 4.21 Å². The van der Waals surface area contributed by atoms with E-state index in [0.717, 1.165) is 32.4 Å². The molecular weight excluding hydrogens is 270 g/mol. The summed E-state index contributed by atoms with van der Waals surface area (Å²) in [4.78, 5) is 0. The normalized spacial score (nSPS) is 30.4. The van der Waals surface area contributed by atoms with Gasteiger partial charge >= 0.3 is 0 Å². The smallest absolute Gasteiger partial charge is 0.0691 e. The Bertz CT molecular complexity index is 485. The van der Waals surface area contributed by atoms with Crippen LogP contribution < -0.4 is 5.32 Å². The van der Waals surface area contributed by atoms with Gasteiger partial charge in [0.05, 0.1) is 17.1 Å². The lowest BCUT2D eigenvalue weighted by atomic mass is 10.1. The second-order valence-electron chi connectivity index (χ2n) is 5.66. The first-order valence-electron chi connectivity index (χ1n) is 7.59. The molecule has 1 fully saturated rings. The van der Waals surface area contributed by atoms with Crippen molar-refractivity contribution in [2.45, 2.75) is 43.6 Å². The number of fused-ring (bicyclic) bond motifs is 1. The summed E-state index contributed by atoms with van der Waals surface area (Å²) in [5, 5.41) is 3.71. The van der Waals surface area contributed by atoms with Gasteiger partial charge in [0.1, 0.15) is 0 Å². The molecule has 0 amide bonds.